The number of hydrogen-bond donors (Lipinski definition) is 8. The Morgan fingerprint density at radius 1 is 0.455 bits per heavy atom. The van der Waals surface area contributed by atoms with Gasteiger partial charge in [0.25, 0.3) is 23.6 Å². The molecule has 0 saturated carbocycles. The van der Waals surface area contributed by atoms with Gasteiger partial charge in [0.2, 0.25) is 23.6 Å². The molecule has 0 aromatic heterocycles. The second kappa shape index (κ2) is 58.0. The molecule has 1 heterocycles. The Balaban J connectivity index is 0.000000561. The van der Waals surface area contributed by atoms with Crippen LogP contribution in [0.25, 0.3) is 0 Å². The number of imide groups is 1. The third-order valence-electron chi connectivity index (χ3n) is 19.4. The third-order valence-corrected chi connectivity index (χ3v) is 21.6. The van der Waals surface area contributed by atoms with Crippen LogP contribution in [0.2, 0.25) is 0 Å². The van der Waals surface area contributed by atoms with E-state index < -0.39 is 17.8 Å². The second-order valence-electron chi connectivity index (χ2n) is 31.0. The average molecular weight is 1970 g/mol. The van der Waals surface area contributed by atoms with Crippen LogP contribution in [0.15, 0.2) is 231 Å². The van der Waals surface area contributed by atoms with Crippen LogP contribution >= 0.6 is 73.6 Å². The molecule has 7 rings (SSSR count). The number of phenols is 1. The molecule has 3 atom stereocenters. The number of aromatic hydroxyl groups is 1. The van der Waals surface area contributed by atoms with Crippen molar-refractivity contribution in [1.82, 2.24) is 21.0 Å². The zero-order valence-corrected chi connectivity index (χ0v) is 82.6. The number of anilines is 3. The predicted molar refractivity (Wildman–Crippen MR) is 525 cm³/mol. The van der Waals surface area contributed by atoms with Crippen molar-refractivity contribution in [2.75, 3.05) is 66.2 Å². The second-order valence-corrected chi connectivity index (χ2v) is 33.2. The van der Waals surface area contributed by atoms with Gasteiger partial charge >= 0.3 is 5.97 Å². The molecule has 3 aromatic carbocycles. The standard InChI is InChI=1S/2C29H39N2O4P.C26H34NO3P.C6H6INO4.C3H6INO.CH5N/c2*1-20(12-14-24-22(3)11-8-16-29(24,4)5)9-7-10-21(2)17-27(32)31-25-15-13-23(35-36)18-26(25)34-19-28(33)30-6;1-18(11-13-22-20(3)10-7-15-26(22,4)5)8-6-9-19(2)16-25(29)27-23-14-12-21(30-31)17-24(23)28;7-3-6(11)12-8-4(9)1-2-5(8)10;1-5-3(6)2-4;1-2/h2*7,9-10,12-15,17-18H,8,11,16,19,36H2,1-6H3,(H,30,33)(H,31,32);6,8-9,11-14,16-17,28H,7,10,15,31H2,1-5H3,(H,27,29);1-3H2;2H2,1H3,(H,5,6);2H2,1H3/b2*10-7+,14-12+,20-9+,21-17+;9-6+,13-11+,18-8+,19-16+;;;. The summed E-state index contributed by atoms with van der Waals surface area (Å²) in [6.07, 6.45) is 46.6. The van der Waals surface area contributed by atoms with Gasteiger partial charge in [0.15, 0.2) is 13.2 Å². The van der Waals surface area contributed by atoms with Gasteiger partial charge in [-0.1, -0.05) is 211 Å². The number of likely N-dealkylation sites (N-methyl/N-ethyl adjacent to an activating group) is 2. The molecule has 3 aromatic rings. The molecule has 0 radical (unpaired) electrons. The summed E-state index contributed by atoms with van der Waals surface area (Å²) in [5, 5.41) is 26.2. The Morgan fingerprint density at radius 3 is 1.04 bits per heavy atom. The highest BCUT2D eigenvalue weighted by Crippen LogP contribution is 2.44. The third kappa shape index (κ3) is 42.3. The van der Waals surface area contributed by atoms with Crippen LogP contribution in [-0.4, -0.2) is 114 Å². The first-order valence-corrected chi connectivity index (χ1v) is 44.7. The van der Waals surface area contributed by atoms with Crippen LogP contribution < -0.4 is 60.7 Å². The molecule has 670 valence electrons. The van der Waals surface area contributed by atoms with Crippen molar-refractivity contribution in [2.24, 2.45) is 22.0 Å². The number of rotatable bonds is 30. The van der Waals surface area contributed by atoms with Crippen LogP contribution in [0.3, 0.4) is 0 Å². The molecular formula is C94H129I2N8O16P3. The number of hydroxylamine groups is 2. The van der Waals surface area contributed by atoms with Crippen molar-refractivity contribution in [1.29, 1.82) is 0 Å². The first kappa shape index (κ1) is 110. The lowest BCUT2D eigenvalue weighted by Crippen LogP contribution is -2.32. The summed E-state index contributed by atoms with van der Waals surface area (Å²) in [5.74, 6) is -0.703. The average Bonchev–Trinajstić information content (AvgIpc) is 1.13. The molecule has 29 heteroatoms. The number of nitrogens with two attached hydrogens (primary N) is 1. The summed E-state index contributed by atoms with van der Waals surface area (Å²) in [4.78, 5) is 107. The normalized spacial score (nSPS) is 16.1. The fourth-order valence-corrected chi connectivity index (χ4v) is 13.7. The molecule has 9 N–H and O–H groups in total. The molecule has 0 bridgehead atoms. The van der Waals surface area contributed by atoms with Gasteiger partial charge in [-0.3, -0.25) is 38.4 Å². The molecule has 3 aliphatic carbocycles. The quantitative estimate of drug-likeness (QED) is 0.00585. The van der Waals surface area contributed by atoms with E-state index in [9.17, 15) is 48.3 Å². The number of carbonyl (C=O) groups excluding carboxylic acids is 9. The Hall–Kier alpha value is -9.30. The lowest BCUT2D eigenvalue weighted by Gasteiger charge is -2.33. The van der Waals surface area contributed by atoms with E-state index >= 15 is 0 Å². The van der Waals surface area contributed by atoms with E-state index in [1.54, 1.807) is 78.2 Å². The summed E-state index contributed by atoms with van der Waals surface area (Å²) in [6.45, 7) is 32.1. The molecule has 4 aliphatic rings. The minimum atomic E-state index is -0.584. The number of hydrogen-bond acceptors (Lipinski definition) is 17. The molecule has 1 saturated heterocycles. The van der Waals surface area contributed by atoms with Gasteiger partial charge in [0.1, 0.15) is 38.9 Å². The zero-order chi connectivity index (χ0) is 92.6. The highest BCUT2D eigenvalue weighted by Gasteiger charge is 2.33. The zero-order valence-electron chi connectivity index (χ0n) is 74.8. The number of nitrogens with zero attached hydrogens (tertiary/aromatic N) is 1. The summed E-state index contributed by atoms with van der Waals surface area (Å²) >= 11 is 3.79. The molecule has 1 aliphatic heterocycles. The largest absolute Gasteiger partial charge is 0.506 e. The van der Waals surface area contributed by atoms with Crippen molar-refractivity contribution in [3.05, 3.63) is 231 Å². The highest BCUT2D eigenvalue weighted by atomic mass is 127. The van der Waals surface area contributed by atoms with E-state index in [4.69, 9.17) is 23.0 Å². The summed E-state index contributed by atoms with van der Waals surface area (Å²) in [6, 6.07) is 14.6. The summed E-state index contributed by atoms with van der Waals surface area (Å²) in [7, 11) is 12.6. The number of nitrogens with one attached hydrogen (secondary N) is 6. The van der Waals surface area contributed by atoms with Crippen LogP contribution in [0.1, 0.15) is 174 Å². The topological polar surface area (TPSA) is 331 Å². The maximum absolute atomic E-state index is 12.6. The predicted octanol–water partition coefficient (Wildman–Crippen LogP) is 19.7. The van der Waals surface area contributed by atoms with Crippen molar-refractivity contribution in [3.8, 4) is 34.5 Å². The summed E-state index contributed by atoms with van der Waals surface area (Å²) in [5.41, 5.74) is 21.0. The number of amides is 8. The molecule has 8 amide bonds. The molecule has 3 unspecified atom stereocenters. The van der Waals surface area contributed by atoms with Crippen molar-refractivity contribution < 1.29 is 76.1 Å². The van der Waals surface area contributed by atoms with E-state index in [2.05, 4.69) is 190 Å². The Kier molecular flexibility index (Phi) is 51.8. The minimum absolute atomic E-state index is 0.0493. The fourth-order valence-electron chi connectivity index (χ4n) is 12.7. The Labute approximate surface area is 763 Å². The highest BCUT2D eigenvalue weighted by molar-refractivity contribution is 14.1. The number of phenolic OH excluding ortho intramolecular Hbond substituents is 1. The number of allylic oxidation sites excluding steroid dienone is 27. The number of ether oxygens (including phenoxy) is 2. The van der Waals surface area contributed by atoms with Gasteiger partial charge in [0.05, 0.1) is 49.9 Å². The van der Waals surface area contributed by atoms with E-state index in [1.165, 1.54) is 137 Å². The lowest BCUT2D eigenvalue weighted by atomic mass is 9.72. The van der Waals surface area contributed by atoms with Gasteiger partial charge in [-0.2, -0.15) is 0 Å². The summed E-state index contributed by atoms with van der Waals surface area (Å²) < 4.78 is 27.0. The van der Waals surface area contributed by atoms with Crippen LogP contribution in [-0.2, 0) is 48.0 Å². The molecular weight excluding hydrogens is 1840 g/mol. The smallest absolute Gasteiger partial charge is 0.342 e. The van der Waals surface area contributed by atoms with Gasteiger partial charge in [-0.25, -0.2) is 4.79 Å². The minimum Gasteiger partial charge on any atom is -0.506 e. The van der Waals surface area contributed by atoms with Gasteiger partial charge in [0, 0.05) is 70.4 Å². The van der Waals surface area contributed by atoms with Crippen LogP contribution in [0, 0.1) is 16.2 Å². The van der Waals surface area contributed by atoms with Gasteiger partial charge < -0.3 is 70.6 Å². The first-order valence-electron chi connectivity index (χ1n) is 40.2. The van der Waals surface area contributed by atoms with E-state index in [1.807, 2.05) is 98.0 Å². The monoisotopic (exact) mass is 1970 g/mol. The van der Waals surface area contributed by atoms with Crippen molar-refractivity contribution >= 4 is 144 Å². The maximum Gasteiger partial charge on any atom is 0.342 e. The maximum atomic E-state index is 12.6. The fraction of sp³-hybridized carbons (Fsp3) is 0.394. The van der Waals surface area contributed by atoms with Crippen molar-refractivity contribution in [3.63, 3.8) is 0 Å². The number of halogens is 2. The van der Waals surface area contributed by atoms with E-state index in [0.717, 1.165) is 33.4 Å². The van der Waals surface area contributed by atoms with Gasteiger partial charge in [-0.15, -0.1) is 5.06 Å². The molecule has 1 fully saturated rings. The molecule has 0 spiro atoms. The number of alkyl halides is 2. The van der Waals surface area contributed by atoms with Crippen LogP contribution in [0.4, 0.5) is 17.1 Å². The van der Waals surface area contributed by atoms with E-state index in [0.29, 0.717) is 55.3 Å². The number of benzene rings is 3. The molecule has 123 heavy (non-hydrogen) atoms. The van der Waals surface area contributed by atoms with Gasteiger partial charge in [-0.05, 0) is 213 Å². The Morgan fingerprint density at radius 2 is 0.764 bits per heavy atom. The Bertz CT molecular complexity index is 4450. The van der Waals surface area contributed by atoms with Crippen LogP contribution in [0.5, 0.6) is 34.5 Å². The first-order chi connectivity index (χ1) is 58.2. The molecule has 24 nitrogen and oxygen atoms in total. The number of carbonyl (C=O) groups is 9. The van der Waals surface area contributed by atoms with E-state index in [-0.39, 0.29) is 87.9 Å². The lowest BCUT2D eigenvalue weighted by molar-refractivity contribution is -0.195. The van der Waals surface area contributed by atoms with Crippen molar-refractivity contribution in [2.45, 2.75) is 174 Å². The SMILES string of the molecule is CC1=C(/C=C/C(C)=C/C=C/C(C)=C/C(=O)Nc2ccc(OP)cc2O)C(C)(C)CCC1.CN.CNC(=O)CI.CNC(=O)COc1cc(OP)ccc1NC(=O)/C=C(C)/C=C/C=C(C)/C=C/C1=C(C)CCCC1(C)C.CNC(=O)COc1cc(OP)ccc1NC(=O)/C=C(C)/C=C/C=C(C)/C=C/C1=C(C)CCCC1(C)C.O=C(CI)ON1C(=O)CCC1=O.